The van der Waals surface area contributed by atoms with Crippen LogP contribution >= 0.6 is 0 Å². The predicted octanol–water partition coefficient (Wildman–Crippen LogP) is 3.20. The molecular weight excluding hydrogens is 266 g/mol. The molecule has 0 aliphatic carbocycles. The molecule has 1 unspecified atom stereocenters. The van der Waals surface area contributed by atoms with Gasteiger partial charge in [0.15, 0.2) is 0 Å². The van der Waals surface area contributed by atoms with E-state index in [1.54, 1.807) is 32.2 Å². The van der Waals surface area contributed by atoms with Crippen molar-refractivity contribution in [2.24, 2.45) is 0 Å². The summed E-state index contributed by atoms with van der Waals surface area (Å²) in [6.45, 7) is 1.96. The number of hydrogen-bond donors (Lipinski definition) is 1. The van der Waals surface area contributed by atoms with E-state index in [4.69, 9.17) is 14.7 Å². The lowest BCUT2D eigenvalue weighted by molar-refractivity contribution is 0.190. The molecule has 0 radical (unpaired) electrons. The molecule has 108 valence electrons. The topological polar surface area (TPSA) is 62.5 Å². The third-order valence-electron chi connectivity index (χ3n) is 3.16. The summed E-state index contributed by atoms with van der Waals surface area (Å²) >= 11 is 0. The molecule has 0 aromatic heterocycles. The number of para-hydroxylation sites is 1. The minimum Gasteiger partial charge on any atom is -0.496 e. The molecular formula is C17H17NO3. The second-order valence-electron chi connectivity index (χ2n) is 4.64. The molecule has 4 heteroatoms. The molecule has 21 heavy (non-hydrogen) atoms. The van der Waals surface area contributed by atoms with Crippen LogP contribution in [0.5, 0.6) is 11.5 Å². The lowest BCUT2D eigenvalue weighted by atomic mass is 10.1. The predicted molar refractivity (Wildman–Crippen MR) is 79.1 cm³/mol. The van der Waals surface area contributed by atoms with E-state index >= 15 is 0 Å². The van der Waals surface area contributed by atoms with Gasteiger partial charge in [0.2, 0.25) is 0 Å². The number of ether oxygens (including phenoxy) is 2. The van der Waals surface area contributed by atoms with E-state index in [0.29, 0.717) is 17.1 Å². The largest absolute Gasteiger partial charge is 0.496 e. The van der Waals surface area contributed by atoms with E-state index in [1.807, 2.05) is 24.3 Å². The Morgan fingerprint density at radius 2 is 1.95 bits per heavy atom. The molecule has 0 fully saturated rings. The standard InChI is InChI=1S/C17H17NO3/c1-12(19)15-5-3-4-6-17(15)21-11-14-9-13(10-18)7-8-16(14)20-2/h3-9,12,19H,11H2,1-2H3. The number of nitrogens with zero attached hydrogens (tertiary/aromatic N) is 1. The Morgan fingerprint density at radius 3 is 2.62 bits per heavy atom. The molecule has 1 N–H and O–H groups in total. The molecule has 4 nitrogen and oxygen atoms in total. The van der Waals surface area contributed by atoms with Gasteiger partial charge in [0.25, 0.3) is 0 Å². The number of rotatable bonds is 5. The van der Waals surface area contributed by atoms with Crippen LogP contribution in [0.1, 0.15) is 29.7 Å². The molecule has 0 aliphatic rings. The second-order valence-corrected chi connectivity index (χ2v) is 4.64. The fraction of sp³-hybridized carbons (Fsp3) is 0.235. The van der Waals surface area contributed by atoms with Crippen molar-refractivity contribution in [3.8, 4) is 17.6 Å². The van der Waals surface area contributed by atoms with Gasteiger partial charge < -0.3 is 14.6 Å². The summed E-state index contributed by atoms with van der Waals surface area (Å²) in [6.07, 6.45) is -0.603. The summed E-state index contributed by atoms with van der Waals surface area (Å²) in [4.78, 5) is 0. The van der Waals surface area contributed by atoms with Crippen LogP contribution in [0, 0.1) is 11.3 Å². The Morgan fingerprint density at radius 1 is 1.19 bits per heavy atom. The highest BCUT2D eigenvalue weighted by atomic mass is 16.5. The average Bonchev–Trinajstić information content (AvgIpc) is 2.52. The molecule has 0 saturated heterocycles. The highest BCUT2D eigenvalue weighted by Crippen LogP contribution is 2.27. The Hall–Kier alpha value is -2.51. The molecule has 1 atom stereocenters. The number of aliphatic hydroxyl groups excluding tert-OH is 1. The lowest BCUT2D eigenvalue weighted by Crippen LogP contribution is -2.02. The van der Waals surface area contributed by atoms with E-state index in [2.05, 4.69) is 6.07 Å². The zero-order valence-electron chi connectivity index (χ0n) is 12.0. The Labute approximate surface area is 124 Å². The first kappa shape index (κ1) is 14.9. The number of nitriles is 1. The van der Waals surface area contributed by atoms with Crippen LogP contribution in [0.15, 0.2) is 42.5 Å². The maximum atomic E-state index is 9.74. The van der Waals surface area contributed by atoms with Crippen molar-refractivity contribution in [2.45, 2.75) is 19.6 Å². The molecule has 0 amide bonds. The number of methoxy groups -OCH3 is 1. The van der Waals surface area contributed by atoms with E-state index in [1.165, 1.54) is 0 Å². The van der Waals surface area contributed by atoms with Crippen molar-refractivity contribution in [1.29, 1.82) is 5.26 Å². The van der Waals surface area contributed by atoms with E-state index in [9.17, 15) is 5.11 Å². The first-order valence-corrected chi connectivity index (χ1v) is 6.62. The maximum Gasteiger partial charge on any atom is 0.125 e. The molecule has 0 heterocycles. The molecule has 0 spiro atoms. The van der Waals surface area contributed by atoms with Crippen LogP contribution in [0.25, 0.3) is 0 Å². The van der Waals surface area contributed by atoms with Gasteiger partial charge in [-0.05, 0) is 31.2 Å². The van der Waals surface area contributed by atoms with Crippen molar-refractivity contribution >= 4 is 0 Å². The van der Waals surface area contributed by atoms with Crippen molar-refractivity contribution in [3.05, 3.63) is 59.2 Å². The number of aliphatic hydroxyl groups is 1. The van der Waals surface area contributed by atoms with Crippen LogP contribution in [-0.4, -0.2) is 12.2 Å². The first-order chi connectivity index (χ1) is 10.2. The van der Waals surface area contributed by atoms with Gasteiger partial charge >= 0.3 is 0 Å². The van der Waals surface area contributed by atoms with Crippen LogP contribution in [0.4, 0.5) is 0 Å². The minimum atomic E-state index is -0.603. The molecule has 0 bridgehead atoms. The summed E-state index contributed by atoms with van der Waals surface area (Å²) in [5.74, 6) is 1.29. The molecule has 2 aromatic rings. The fourth-order valence-corrected chi connectivity index (χ4v) is 2.07. The van der Waals surface area contributed by atoms with Gasteiger partial charge in [-0.15, -0.1) is 0 Å². The Bertz CT molecular complexity index is 659. The monoisotopic (exact) mass is 283 g/mol. The summed E-state index contributed by atoms with van der Waals surface area (Å²) in [6, 6.07) is 14.6. The van der Waals surface area contributed by atoms with Gasteiger partial charge in [-0.2, -0.15) is 5.26 Å². The number of hydrogen-bond acceptors (Lipinski definition) is 4. The third-order valence-corrected chi connectivity index (χ3v) is 3.16. The van der Waals surface area contributed by atoms with Gasteiger partial charge in [0.05, 0.1) is 24.8 Å². The van der Waals surface area contributed by atoms with Gasteiger partial charge in [0.1, 0.15) is 18.1 Å². The highest BCUT2D eigenvalue weighted by Gasteiger charge is 2.10. The van der Waals surface area contributed by atoms with Crippen LogP contribution < -0.4 is 9.47 Å². The van der Waals surface area contributed by atoms with Crippen LogP contribution in [0.2, 0.25) is 0 Å². The number of benzene rings is 2. The smallest absolute Gasteiger partial charge is 0.125 e. The van der Waals surface area contributed by atoms with Gasteiger partial charge in [0, 0.05) is 11.1 Å². The fourth-order valence-electron chi connectivity index (χ4n) is 2.07. The summed E-state index contributed by atoms with van der Waals surface area (Å²) in [5.41, 5.74) is 2.07. The van der Waals surface area contributed by atoms with Gasteiger partial charge in [-0.3, -0.25) is 0 Å². The summed E-state index contributed by atoms with van der Waals surface area (Å²) in [5, 5.41) is 18.7. The highest BCUT2D eigenvalue weighted by molar-refractivity contribution is 5.42. The summed E-state index contributed by atoms with van der Waals surface area (Å²) < 4.78 is 11.0. The minimum absolute atomic E-state index is 0.266. The van der Waals surface area contributed by atoms with Crippen molar-refractivity contribution in [1.82, 2.24) is 0 Å². The Balaban J connectivity index is 2.22. The van der Waals surface area contributed by atoms with Gasteiger partial charge in [-0.25, -0.2) is 0 Å². The van der Waals surface area contributed by atoms with Crippen molar-refractivity contribution < 1.29 is 14.6 Å². The molecule has 2 rings (SSSR count). The summed E-state index contributed by atoms with van der Waals surface area (Å²) in [7, 11) is 1.58. The quantitative estimate of drug-likeness (QED) is 0.915. The zero-order valence-corrected chi connectivity index (χ0v) is 12.0. The first-order valence-electron chi connectivity index (χ1n) is 6.62. The van der Waals surface area contributed by atoms with Crippen LogP contribution in [0.3, 0.4) is 0 Å². The maximum absolute atomic E-state index is 9.74. The zero-order chi connectivity index (χ0) is 15.2. The van der Waals surface area contributed by atoms with Crippen molar-refractivity contribution in [3.63, 3.8) is 0 Å². The second kappa shape index (κ2) is 6.78. The molecule has 2 aromatic carbocycles. The molecule has 0 saturated carbocycles. The average molecular weight is 283 g/mol. The van der Waals surface area contributed by atoms with E-state index in [0.717, 1.165) is 11.1 Å². The molecule has 0 aliphatic heterocycles. The lowest BCUT2D eigenvalue weighted by Gasteiger charge is -2.14. The third kappa shape index (κ3) is 3.53. The van der Waals surface area contributed by atoms with Crippen LogP contribution in [-0.2, 0) is 6.61 Å². The van der Waals surface area contributed by atoms with E-state index < -0.39 is 6.10 Å². The van der Waals surface area contributed by atoms with Crippen molar-refractivity contribution in [2.75, 3.05) is 7.11 Å². The van der Waals surface area contributed by atoms with Gasteiger partial charge in [-0.1, -0.05) is 18.2 Å². The normalized spacial score (nSPS) is 11.5. The van der Waals surface area contributed by atoms with E-state index in [-0.39, 0.29) is 6.61 Å². The SMILES string of the molecule is COc1ccc(C#N)cc1COc1ccccc1C(C)O. The Kier molecular flexibility index (Phi) is 4.81.